The number of hydrogen-bond acceptors (Lipinski definition) is 6. The van der Waals surface area contributed by atoms with Crippen LogP contribution in [-0.4, -0.2) is 28.1 Å². The van der Waals surface area contributed by atoms with E-state index in [0.29, 0.717) is 17.5 Å². The Bertz CT molecular complexity index is 453. The molecule has 1 atom stereocenters. The molecule has 0 aromatic carbocycles. The predicted octanol–water partition coefficient (Wildman–Crippen LogP) is 2.15. The van der Waals surface area contributed by atoms with Crippen molar-refractivity contribution in [3.63, 3.8) is 0 Å². The standard InChI is InChI=1S/C14H26N6/c1-10-7-5-6-8-20(10)13-11(15)12(16-9-17-13)18-19-14(2,3)4/h9-10,19H,5-8,15H2,1-4H3,(H,16,17,18). The van der Waals surface area contributed by atoms with Crippen LogP contribution in [0.1, 0.15) is 47.0 Å². The fourth-order valence-electron chi connectivity index (χ4n) is 2.37. The minimum Gasteiger partial charge on any atom is -0.393 e. The molecule has 0 saturated carbocycles. The maximum atomic E-state index is 6.24. The highest BCUT2D eigenvalue weighted by atomic mass is 15.4. The van der Waals surface area contributed by atoms with Crippen molar-refractivity contribution in [3.05, 3.63) is 6.33 Å². The Kier molecular flexibility index (Phi) is 4.32. The van der Waals surface area contributed by atoms with E-state index in [1.807, 2.05) is 0 Å². The summed E-state index contributed by atoms with van der Waals surface area (Å²) in [6.45, 7) is 9.46. The summed E-state index contributed by atoms with van der Waals surface area (Å²) in [6.07, 6.45) is 5.22. The number of nitrogens with one attached hydrogen (secondary N) is 2. The minimum absolute atomic E-state index is 0.0596. The molecule has 20 heavy (non-hydrogen) atoms. The van der Waals surface area contributed by atoms with Gasteiger partial charge in [0.15, 0.2) is 11.6 Å². The second kappa shape index (κ2) is 5.83. The van der Waals surface area contributed by atoms with Gasteiger partial charge in [-0.15, -0.1) is 0 Å². The lowest BCUT2D eigenvalue weighted by Gasteiger charge is -2.35. The molecule has 6 heteroatoms. The average molecular weight is 278 g/mol. The van der Waals surface area contributed by atoms with Gasteiger partial charge in [-0.2, -0.15) is 0 Å². The van der Waals surface area contributed by atoms with Crippen molar-refractivity contribution >= 4 is 17.3 Å². The van der Waals surface area contributed by atoms with Gasteiger partial charge in [-0.1, -0.05) is 0 Å². The number of piperidine rings is 1. The van der Waals surface area contributed by atoms with Crippen molar-refractivity contribution in [2.45, 2.75) is 58.5 Å². The molecule has 112 valence electrons. The first-order valence-electron chi connectivity index (χ1n) is 7.29. The molecule has 1 saturated heterocycles. The van der Waals surface area contributed by atoms with Gasteiger partial charge in [0, 0.05) is 18.1 Å². The minimum atomic E-state index is -0.0596. The molecule has 2 heterocycles. The molecule has 1 fully saturated rings. The molecule has 2 rings (SSSR count). The van der Waals surface area contributed by atoms with Crippen LogP contribution in [0.3, 0.4) is 0 Å². The number of nitrogens with two attached hydrogens (primary N) is 1. The zero-order chi connectivity index (χ0) is 14.8. The van der Waals surface area contributed by atoms with E-state index in [0.717, 1.165) is 12.4 Å². The van der Waals surface area contributed by atoms with Crippen LogP contribution in [0.5, 0.6) is 0 Å². The summed E-state index contributed by atoms with van der Waals surface area (Å²) in [6, 6.07) is 0.476. The molecule has 0 amide bonds. The molecule has 1 aliphatic rings. The summed E-state index contributed by atoms with van der Waals surface area (Å²) in [5.74, 6) is 1.48. The zero-order valence-electron chi connectivity index (χ0n) is 12.9. The zero-order valence-corrected chi connectivity index (χ0v) is 12.9. The van der Waals surface area contributed by atoms with Gasteiger partial charge in [-0.05, 0) is 47.0 Å². The van der Waals surface area contributed by atoms with Crippen LogP contribution in [0, 0.1) is 0 Å². The van der Waals surface area contributed by atoms with Crippen LogP contribution in [-0.2, 0) is 0 Å². The smallest absolute Gasteiger partial charge is 0.169 e. The largest absolute Gasteiger partial charge is 0.393 e. The quantitative estimate of drug-likeness (QED) is 0.735. The number of nitrogen functional groups attached to an aromatic ring is 1. The number of hydrazine groups is 1. The molecule has 1 aromatic rings. The first-order chi connectivity index (χ1) is 9.38. The maximum absolute atomic E-state index is 6.24. The van der Waals surface area contributed by atoms with Gasteiger partial charge < -0.3 is 16.1 Å². The molecule has 4 N–H and O–H groups in total. The Balaban J connectivity index is 2.18. The second-order valence-corrected chi connectivity index (χ2v) is 6.50. The molecule has 1 unspecified atom stereocenters. The molecular formula is C14H26N6. The molecule has 0 spiro atoms. The van der Waals surface area contributed by atoms with Gasteiger partial charge in [0.2, 0.25) is 0 Å². The van der Waals surface area contributed by atoms with Gasteiger partial charge >= 0.3 is 0 Å². The van der Waals surface area contributed by atoms with Crippen molar-refractivity contribution in [2.24, 2.45) is 0 Å². The number of nitrogens with zero attached hydrogens (tertiary/aromatic N) is 3. The van der Waals surface area contributed by atoms with E-state index in [2.05, 4.69) is 53.4 Å². The molecule has 0 bridgehead atoms. The van der Waals surface area contributed by atoms with Crippen LogP contribution in [0.4, 0.5) is 17.3 Å². The first kappa shape index (κ1) is 14.8. The summed E-state index contributed by atoms with van der Waals surface area (Å²) in [5, 5.41) is 0. The number of hydrogen-bond donors (Lipinski definition) is 3. The van der Waals surface area contributed by atoms with Gasteiger partial charge in [-0.3, -0.25) is 0 Å². The van der Waals surface area contributed by atoms with Gasteiger partial charge in [0.05, 0.1) is 0 Å². The summed E-state index contributed by atoms with van der Waals surface area (Å²) < 4.78 is 0. The van der Waals surface area contributed by atoms with Crippen LogP contribution in [0.15, 0.2) is 6.33 Å². The SMILES string of the molecule is CC1CCCCN1c1ncnc(NNC(C)(C)C)c1N. The van der Waals surface area contributed by atoms with E-state index in [1.165, 1.54) is 19.3 Å². The molecule has 6 nitrogen and oxygen atoms in total. The third-order valence-electron chi connectivity index (χ3n) is 3.49. The van der Waals surface area contributed by atoms with Gasteiger partial charge in [0.1, 0.15) is 12.0 Å². The third-order valence-corrected chi connectivity index (χ3v) is 3.49. The molecule has 1 aliphatic heterocycles. The lowest BCUT2D eigenvalue weighted by atomic mass is 10.0. The van der Waals surface area contributed by atoms with Crippen LogP contribution < -0.4 is 21.5 Å². The molecule has 0 aliphatic carbocycles. The van der Waals surface area contributed by atoms with Crippen molar-refractivity contribution in [3.8, 4) is 0 Å². The fraction of sp³-hybridized carbons (Fsp3) is 0.714. The fourth-order valence-corrected chi connectivity index (χ4v) is 2.37. The number of aromatic nitrogens is 2. The van der Waals surface area contributed by atoms with Crippen molar-refractivity contribution in [2.75, 3.05) is 22.6 Å². The Morgan fingerprint density at radius 2 is 2.05 bits per heavy atom. The highest BCUT2D eigenvalue weighted by Crippen LogP contribution is 2.30. The van der Waals surface area contributed by atoms with E-state index in [-0.39, 0.29) is 5.54 Å². The first-order valence-corrected chi connectivity index (χ1v) is 7.29. The normalized spacial score (nSPS) is 20.0. The predicted molar refractivity (Wildman–Crippen MR) is 83.6 cm³/mol. The van der Waals surface area contributed by atoms with Gasteiger partial charge in [0.25, 0.3) is 0 Å². The second-order valence-electron chi connectivity index (χ2n) is 6.50. The third kappa shape index (κ3) is 3.50. The Morgan fingerprint density at radius 3 is 2.70 bits per heavy atom. The summed E-state index contributed by atoms with van der Waals surface area (Å²) in [5.41, 5.74) is 13.1. The summed E-state index contributed by atoms with van der Waals surface area (Å²) >= 11 is 0. The van der Waals surface area contributed by atoms with Gasteiger partial charge in [-0.25, -0.2) is 15.4 Å². The lowest BCUT2D eigenvalue weighted by Crippen LogP contribution is -2.41. The van der Waals surface area contributed by atoms with E-state index in [4.69, 9.17) is 5.73 Å². The monoisotopic (exact) mass is 278 g/mol. The van der Waals surface area contributed by atoms with Crippen molar-refractivity contribution in [1.82, 2.24) is 15.4 Å². The Labute approximate surface area is 121 Å². The van der Waals surface area contributed by atoms with E-state index >= 15 is 0 Å². The number of anilines is 3. The Morgan fingerprint density at radius 1 is 1.30 bits per heavy atom. The topological polar surface area (TPSA) is 79.1 Å². The highest BCUT2D eigenvalue weighted by molar-refractivity contribution is 5.75. The lowest BCUT2D eigenvalue weighted by molar-refractivity contribution is 0.464. The number of rotatable bonds is 3. The highest BCUT2D eigenvalue weighted by Gasteiger charge is 2.23. The van der Waals surface area contributed by atoms with Crippen LogP contribution >= 0.6 is 0 Å². The maximum Gasteiger partial charge on any atom is 0.169 e. The van der Waals surface area contributed by atoms with Crippen LogP contribution in [0.25, 0.3) is 0 Å². The molecular weight excluding hydrogens is 252 g/mol. The van der Waals surface area contributed by atoms with Crippen molar-refractivity contribution < 1.29 is 0 Å². The average Bonchev–Trinajstić information content (AvgIpc) is 2.38. The van der Waals surface area contributed by atoms with Crippen molar-refractivity contribution in [1.29, 1.82) is 0 Å². The molecule has 0 radical (unpaired) electrons. The Hall–Kier alpha value is -1.56. The molecule has 1 aromatic heterocycles. The van der Waals surface area contributed by atoms with E-state index in [9.17, 15) is 0 Å². The van der Waals surface area contributed by atoms with Crippen LogP contribution in [0.2, 0.25) is 0 Å². The summed E-state index contributed by atoms with van der Waals surface area (Å²) in [4.78, 5) is 10.9. The van der Waals surface area contributed by atoms with E-state index < -0.39 is 0 Å². The summed E-state index contributed by atoms with van der Waals surface area (Å²) in [7, 11) is 0. The van der Waals surface area contributed by atoms with E-state index in [1.54, 1.807) is 6.33 Å².